The highest BCUT2D eigenvalue weighted by Gasteiger charge is 2.31. The summed E-state index contributed by atoms with van der Waals surface area (Å²) >= 11 is 0. The second-order valence-corrected chi connectivity index (χ2v) is 6.61. The van der Waals surface area contributed by atoms with E-state index in [1.165, 1.54) is 24.0 Å². The largest absolute Gasteiger partial charge is 0.493 e. The van der Waals surface area contributed by atoms with Crippen molar-refractivity contribution < 1.29 is 4.74 Å². The van der Waals surface area contributed by atoms with E-state index >= 15 is 0 Å². The van der Waals surface area contributed by atoms with Crippen LogP contribution < -0.4 is 10.1 Å². The van der Waals surface area contributed by atoms with Gasteiger partial charge in [-0.3, -0.25) is 0 Å². The summed E-state index contributed by atoms with van der Waals surface area (Å²) in [4.78, 5) is 0. The number of nitrogens with one attached hydrogen (secondary N) is 1. The van der Waals surface area contributed by atoms with E-state index in [0.29, 0.717) is 12.1 Å². The van der Waals surface area contributed by atoms with E-state index in [2.05, 4.69) is 44.3 Å². The van der Waals surface area contributed by atoms with E-state index in [0.717, 1.165) is 37.0 Å². The molecule has 1 aromatic carbocycles. The molecule has 1 fully saturated rings. The Hall–Kier alpha value is -1.02. The molecular weight excluding hydrogens is 246 g/mol. The van der Waals surface area contributed by atoms with Crippen LogP contribution in [0.5, 0.6) is 5.75 Å². The minimum atomic E-state index is 0.485. The van der Waals surface area contributed by atoms with Gasteiger partial charge >= 0.3 is 0 Å². The standard InChI is InChI=1S/C18H27NO/c1-4-16(19-17-7-5-12(2)13(17)3)14-6-8-18-15(11-14)9-10-20-18/h6,8,11-13,16-17,19H,4-5,7,9-10H2,1-3H3. The van der Waals surface area contributed by atoms with Crippen molar-refractivity contribution in [3.8, 4) is 5.75 Å². The molecule has 0 aromatic heterocycles. The predicted molar refractivity (Wildman–Crippen MR) is 83.2 cm³/mol. The van der Waals surface area contributed by atoms with Crippen LogP contribution in [0.15, 0.2) is 18.2 Å². The Morgan fingerprint density at radius 1 is 1.30 bits per heavy atom. The van der Waals surface area contributed by atoms with Gasteiger partial charge in [0, 0.05) is 18.5 Å². The van der Waals surface area contributed by atoms with Crippen molar-refractivity contribution >= 4 is 0 Å². The number of hydrogen-bond acceptors (Lipinski definition) is 2. The number of hydrogen-bond donors (Lipinski definition) is 1. The van der Waals surface area contributed by atoms with Gasteiger partial charge in [0.05, 0.1) is 6.61 Å². The normalized spacial score (nSPS) is 30.1. The second-order valence-electron chi connectivity index (χ2n) is 6.61. The number of fused-ring (bicyclic) bond motifs is 1. The van der Waals surface area contributed by atoms with Crippen LogP contribution in [0.2, 0.25) is 0 Å². The van der Waals surface area contributed by atoms with E-state index in [9.17, 15) is 0 Å². The summed E-state index contributed by atoms with van der Waals surface area (Å²) in [5, 5.41) is 3.91. The molecule has 1 aliphatic carbocycles. The first-order valence-corrected chi connectivity index (χ1v) is 8.20. The SMILES string of the molecule is CCC(NC1CCC(C)C1C)c1ccc2c(c1)CCO2. The van der Waals surface area contributed by atoms with Crippen molar-refractivity contribution in [2.75, 3.05) is 6.61 Å². The lowest BCUT2D eigenvalue weighted by molar-refractivity contribution is 0.335. The molecule has 1 heterocycles. The molecule has 0 bridgehead atoms. The van der Waals surface area contributed by atoms with Crippen molar-refractivity contribution in [2.24, 2.45) is 11.8 Å². The topological polar surface area (TPSA) is 21.3 Å². The van der Waals surface area contributed by atoms with E-state index in [1.54, 1.807) is 0 Å². The van der Waals surface area contributed by atoms with Crippen LogP contribution in [0, 0.1) is 11.8 Å². The summed E-state index contributed by atoms with van der Waals surface area (Å²) in [6, 6.07) is 7.92. The fourth-order valence-electron chi connectivity index (χ4n) is 3.73. The molecule has 2 heteroatoms. The maximum Gasteiger partial charge on any atom is 0.122 e. The number of benzene rings is 1. The van der Waals surface area contributed by atoms with E-state index in [-0.39, 0.29) is 0 Å². The summed E-state index contributed by atoms with van der Waals surface area (Å²) in [5.74, 6) is 2.74. The Kier molecular flexibility index (Phi) is 4.02. The summed E-state index contributed by atoms with van der Waals surface area (Å²) in [7, 11) is 0. The first-order valence-electron chi connectivity index (χ1n) is 8.20. The molecule has 0 radical (unpaired) electrons. The number of rotatable bonds is 4. The molecular formula is C18H27NO. The zero-order valence-corrected chi connectivity index (χ0v) is 13.0. The molecule has 1 aromatic rings. The van der Waals surface area contributed by atoms with Crippen LogP contribution in [-0.4, -0.2) is 12.6 Å². The van der Waals surface area contributed by atoms with Gasteiger partial charge in [-0.05, 0) is 48.3 Å². The second kappa shape index (κ2) is 5.77. The lowest BCUT2D eigenvalue weighted by Crippen LogP contribution is -2.35. The zero-order chi connectivity index (χ0) is 14.1. The van der Waals surface area contributed by atoms with Gasteiger partial charge in [0.1, 0.15) is 5.75 Å². The van der Waals surface area contributed by atoms with Gasteiger partial charge in [-0.15, -0.1) is 0 Å². The third-order valence-electron chi connectivity index (χ3n) is 5.40. The molecule has 0 saturated heterocycles. The van der Waals surface area contributed by atoms with Crippen molar-refractivity contribution in [3.63, 3.8) is 0 Å². The quantitative estimate of drug-likeness (QED) is 0.892. The summed E-state index contributed by atoms with van der Waals surface area (Å²) in [6.45, 7) is 7.92. The minimum absolute atomic E-state index is 0.485. The zero-order valence-electron chi connectivity index (χ0n) is 13.0. The Labute approximate surface area is 122 Å². The van der Waals surface area contributed by atoms with Gasteiger partial charge in [-0.1, -0.05) is 32.9 Å². The smallest absolute Gasteiger partial charge is 0.122 e. The monoisotopic (exact) mass is 273 g/mol. The van der Waals surface area contributed by atoms with Crippen LogP contribution in [0.1, 0.15) is 57.2 Å². The maximum atomic E-state index is 5.61. The van der Waals surface area contributed by atoms with Crippen LogP contribution >= 0.6 is 0 Å². The van der Waals surface area contributed by atoms with Crippen molar-refractivity contribution in [2.45, 2.75) is 58.5 Å². The summed E-state index contributed by atoms with van der Waals surface area (Å²) in [6.07, 6.45) is 4.91. The molecule has 1 N–H and O–H groups in total. The van der Waals surface area contributed by atoms with Gasteiger partial charge in [0.15, 0.2) is 0 Å². The fraction of sp³-hybridized carbons (Fsp3) is 0.667. The van der Waals surface area contributed by atoms with Crippen LogP contribution in [-0.2, 0) is 6.42 Å². The van der Waals surface area contributed by atoms with Crippen LogP contribution in [0.25, 0.3) is 0 Å². The van der Waals surface area contributed by atoms with Crippen molar-refractivity contribution in [1.29, 1.82) is 0 Å². The first kappa shape index (κ1) is 13.9. The van der Waals surface area contributed by atoms with Gasteiger partial charge in [-0.2, -0.15) is 0 Å². The molecule has 4 atom stereocenters. The molecule has 20 heavy (non-hydrogen) atoms. The lowest BCUT2D eigenvalue weighted by atomic mass is 9.95. The van der Waals surface area contributed by atoms with Gasteiger partial charge < -0.3 is 10.1 Å². The fourth-order valence-corrected chi connectivity index (χ4v) is 3.73. The molecule has 1 saturated carbocycles. The van der Waals surface area contributed by atoms with Crippen LogP contribution in [0.3, 0.4) is 0 Å². The molecule has 110 valence electrons. The van der Waals surface area contributed by atoms with Crippen molar-refractivity contribution in [3.05, 3.63) is 29.3 Å². The summed E-state index contributed by atoms with van der Waals surface area (Å²) < 4.78 is 5.61. The first-order chi connectivity index (χ1) is 9.69. The average Bonchev–Trinajstić information content (AvgIpc) is 3.04. The predicted octanol–water partition coefficient (Wildman–Crippen LogP) is 4.10. The molecule has 0 amide bonds. The highest BCUT2D eigenvalue weighted by molar-refractivity contribution is 5.40. The van der Waals surface area contributed by atoms with Crippen molar-refractivity contribution in [1.82, 2.24) is 5.32 Å². The highest BCUT2D eigenvalue weighted by Crippen LogP contribution is 2.34. The molecule has 2 nitrogen and oxygen atoms in total. The molecule has 3 rings (SSSR count). The Balaban J connectivity index is 1.73. The third kappa shape index (κ3) is 2.58. The van der Waals surface area contributed by atoms with Crippen LogP contribution in [0.4, 0.5) is 0 Å². The molecule has 0 spiro atoms. The molecule has 2 aliphatic rings. The maximum absolute atomic E-state index is 5.61. The Bertz CT molecular complexity index is 470. The Morgan fingerprint density at radius 3 is 2.85 bits per heavy atom. The minimum Gasteiger partial charge on any atom is -0.493 e. The third-order valence-corrected chi connectivity index (χ3v) is 5.40. The molecule has 1 aliphatic heterocycles. The van der Waals surface area contributed by atoms with E-state index in [1.807, 2.05) is 0 Å². The van der Waals surface area contributed by atoms with E-state index in [4.69, 9.17) is 4.74 Å². The Morgan fingerprint density at radius 2 is 2.15 bits per heavy atom. The lowest BCUT2D eigenvalue weighted by Gasteiger charge is -2.26. The number of ether oxygens (including phenoxy) is 1. The average molecular weight is 273 g/mol. The molecule has 4 unspecified atom stereocenters. The van der Waals surface area contributed by atoms with Gasteiger partial charge in [0.2, 0.25) is 0 Å². The van der Waals surface area contributed by atoms with Gasteiger partial charge in [0.25, 0.3) is 0 Å². The highest BCUT2D eigenvalue weighted by atomic mass is 16.5. The van der Waals surface area contributed by atoms with E-state index < -0.39 is 0 Å². The van der Waals surface area contributed by atoms with Gasteiger partial charge in [-0.25, -0.2) is 0 Å². The summed E-state index contributed by atoms with van der Waals surface area (Å²) in [5.41, 5.74) is 2.82.